The minimum absolute atomic E-state index is 0.117. The molecular formula is C19H18N2O5. The first-order chi connectivity index (χ1) is 12.5. The van der Waals surface area contributed by atoms with E-state index in [2.05, 4.69) is 10.1 Å². The molecule has 2 fully saturated rings. The number of amides is 3. The van der Waals surface area contributed by atoms with E-state index in [0.717, 1.165) is 11.3 Å². The molecule has 134 valence electrons. The van der Waals surface area contributed by atoms with Crippen LogP contribution in [0.1, 0.15) is 16.8 Å². The number of esters is 1. The maximum atomic E-state index is 12.6. The Morgan fingerprint density at radius 1 is 1.15 bits per heavy atom. The Labute approximate surface area is 150 Å². The lowest BCUT2D eigenvalue weighted by Gasteiger charge is -2.17. The summed E-state index contributed by atoms with van der Waals surface area (Å²) in [5, 5.41) is 2.62. The fourth-order valence-corrected chi connectivity index (χ4v) is 4.31. The molecule has 1 saturated carbocycles. The summed E-state index contributed by atoms with van der Waals surface area (Å²) in [6.45, 7) is -0.313. The van der Waals surface area contributed by atoms with Crippen LogP contribution < -0.4 is 5.32 Å². The number of nitrogens with zero attached hydrogens (tertiary/aromatic N) is 1. The molecule has 0 spiro atoms. The summed E-state index contributed by atoms with van der Waals surface area (Å²) < 4.78 is 4.65. The number of hydrogen-bond acceptors (Lipinski definition) is 5. The van der Waals surface area contributed by atoms with Crippen molar-refractivity contribution in [3.05, 3.63) is 42.0 Å². The molecule has 1 N–H and O–H groups in total. The molecule has 3 amide bonds. The van der Waals surface area contributed by atoms with Gasteiger partial charge in [0.15, 0.2) is 0 Å². The first-order valence-corrected chi connectivity index (χ1v) is 8.51. The lowest BCUT2D eigenvalue weighted by Crippen LogP contribution is -2.39. The number of ether oxygens (including phenoxy) is 1. The van der Waals surface area contributed by atoms with Crippen molar-refractivity contribution in [2.45, 2.75) is 6.42 Å². The zero-order valence-corrected chi connectivity index (χ0v) is 14.2. The number of anilines is 1. The molecule has 1 aromatic carbocycles. The van der Waals surface area contributed by atoms with Gasteiger partial charge in [0.05, 0.1) is 24.5 Å². The van der Waals surface area contributed by atoms with Gasteiger partial charge in [-0.05, 0) is 36.5 Å². The van der Waals surface area contributed by atoms with Gasteiger partial charge in [-0.1, -0.05) is 18.2 Å². The first-order valence-electron chi connectivity index (χ1n) is 8.51. The van der Waals surface area contributed by atoms with Crippen molar-refractivity contribution >= 4 is 29.4 Å². The third-order valence-electron chi connectivity index (χ3n) is 5.43. The Morgan fingerprint density at radius 3 is 2.42 bits per heavy atom. The summed E-state index contributed by atoms with van der Waals surface area (Å²) in [4.78, 5) is 50.1. The Hall–Kier alpha value is -2.96. The van der Waals surface area contributed by atoms with Crippen LogP contribution >= 0.6 is 0 Å². The summed E-state index contributed by atoms with van der Waals surface area (Å²) in [5.41, 5.74) is 0.703. The molecule has 7 nitrogen and oxygen atoms in total. The zero-order chi connectivity index (χ0) is 18.4. The lowest BCUT2D eigenvalue weighted by atomic mass is 9.85. The third-order valence-corrected chi connectivity index (χ3v) is 5.43. The Kier molecular flexibility index (Phi) is 3.86. The van der Waals surface area contributed by atoms with Crippen molar-refractivity contribution in [2.75, 3.05) is 19.0 Å². The van der Waals surface area contributed by atoms with Crippen molar-refractivity contribution in [3.8, 4) is 0 Å². The average molecular weight is 354 g/mol. The number of benzene rings is 1. The van der Waals surface area contributed by atoms with Gasteiger partial charge in [-0.25, -0.2) is 4.79 Å². The molecule has 0 aromatic heterocycles. The van der Waals surface area contributed by atoms with Gasteiger partial charge in [0, 0.05) is 5.69 Å². The van der Waals surface area contributed by atoms with Crippen molar-refractivity contribution in [1.29, 1.82) is 0 Å². The number of carbonyl (C=O) groups is 4. The fourth-order valence-electron chi connectivity index (χ4n) is 4.31. The van der Waals surface area contributed by atoms with Gasteiger partial charge in [0.25, 0.3) is 0 Å². The lowest BCUT2D eigenvalue weighted by molar-refractivity contribution is -0.143. The minimum atomic E-state index is -0.512. The highest BCUT2D eigenvalue weighted by atomic mass is 16.5. The second kappa shape index (κ2) is 6.09. The average Bonchev–Trinajstić information content (AvgIpc) is 3.31. The highest BCUT2D eigenvalue weighted by Gasteiger charge is 2.59. The van der Waals surface area contributed by atoms with Crippen LogP contribution in [0.15, 0.2) is 36.4 Å². The first kappa shape index (κ1) is 16.5. The second-order valence-corrected chi connectivity index (χ2v) is 6.88. The highest BCUT2D eigenvalue weighted by molar-refractivity contribution is 6.09. The summed E-state index contributed by atoms with van der Waals surface area (Å²) in [6, 6.07) is 6.29. The topological polar surface area (TPSA) is 92.8 Å². The van der Waals surface area contributed by atoms with Gasteiger partial charge in [0.2, 0.25) is 17.7 Å². The molecule has 7 heteroatoms. The Balaban J connectivity index is 1.44. The van der Waals surface area contributed by atoms with E-state index < -0.39 is 11.9 Å². The SMILES string of the molecule is COC(=O)c1cccc(NC(=O)CN2C(=O)[C@H]3[C@H](C2=O)[C@H]2C=C[C@H]3C2)c1. The van der Waals surface area contributed by atoms with E-state index in [1.165, 1.54) is 13.2 Å². The van der Waals surface area contributed by atoms with E-state index in [0.29, 0.717) is 11.3 Å². The van der Waals surface area contributed by atoms with E-state index in [4.69, 9.17) is 0 Å². The molecule has 4 atom stereocenters. The molecule has 0 unspecified atom stereocenters. The number of nitrogens with one attached hydrogen (secondary N) is 1. The van der Waals surface area contributed by atoms with Crippen molar-refractivity contribution < 1.29 is 23.9 Å². The molecule has 0 radical (unpaired) electrons. The van der Waals surface area contributed by atoms with E-state index >= 15 is 0 Å². The Bertz CT molecular complexity index is 816. The maximum Gasteiger partial charge on any atom is 0.337 e. The standard InChI is InChI=1S/C19H18N2O5/c1-26-19(25)12-3-2-4-13(8-12)20-14(22)9-21-17(23)15-10-5-6-11(7-10)16(15)18(21)24/h2-6,8,10-11,15-16H,7,9H2,1H3,(H,20,22)/t10-,11-,15+,16+/m0/s1. The van der Waals surface area contributed by atoms with Gasteiger partial charge in [-0.2, -0.15) is 0 Å². The summed E-state index contributed by atoms with van der Waals surface area (Å²) in [5.74, 6) is -1.89. The monoisotopic (exact) mass is 354 g/mol. The van der Waals surface area contributed by atoms with Crippen molar-refractivity contribution in [2.24, 2.45) is 23.7 Å². The van der Waals surface area contributed by atoms with Gasteiger partial charge < -0.3 is 10.1 Å². The number of allylic oxidation sites excluding steroid dienone is 2. The molecule has 26 heavy (non-hydrogen) atoms. The largest absolute Gasteiger partial charge is 0.465 e. The summed E-state index contributed by atoms with van der Waals surface area (Å²) in [6.07, 6.45) is 4.88. The van der Waals surface area contributed by atoms with Gasteiger partial charge in [-0.15, -0.1) is 0 Å². The number of imide groups is 1. The Morgan fingerprint density at radius 2 is 1.81 bits per heavy atom. The number of carbonyl (C=O) groups excluding carboxylic acids is 4. The van der Waals surface area contributed by atoms with Crippen LogP contribution in [0.2, 0.25) is 0 Å². The van der Waals surface area contributed by atoms with Crippen molar-refractivity contribution in [1.82, 2.24) is 4.90 Å². The summed E-state index contributed by atoms with van der Waals surface area (Å²) in [7, 11) is 1.27. The minimum Gasteiger partial charge on any atom is -0.465 e. The zero-order valence-electron chi connectivity index (χ0n) is 14.2. The number of fused-ring (bicyclic) bond motifs is 5. The number of rotatable bonds is 4. The molecule has 1 aliphatic heterocycles. The third kappa shape index (κ3) is 2.51. The predicted molar refractivity (Wildman–Crippen MR) is 90.8 cm³/mol. The summed E-state index contributed by atoms with van der Waals surface area (Å²) >= 11 is 0. The molecular weight excluding hydrogens is 336 g/mol. The van der Waals surface area contributed by atoms with E-state index in [9.17, 15) is 19.2 Å². The number of methoxy groups -OCH3 is 1. The molecule has 1 saturated heterocycles. The van der Waals surface area contributed by atoms with Gasteiger partial charge >= 0.3 is 5.97 Å². The van der Waals surface area contributed by atoms with Crippen LogP contribution in [0, 0.1) is 23.7 Å². The number of likely N-dealkylation sites (tertiary alicyclic amines) is 1. The second-order valence-electron chi connectivity index (χ2n) is 6.88. The highest BCUT2D eigenvalue weighted by Crippen LogP contribution is 2.52. The van der Waals surface area contributed by atoms with Crippen molar-refractivity contribution in [3.63, 3.8) is 0 Å². The van der Waals surface area contributed by atoms with Crippen LogP contribution in [0.25, 0.3) is 0 Å². The number of hydrogen-bond donors (Lipinski definition) is 1. The quantitative estimate of drug-likeness (QED) is 0.499. The molecule has 4 rings (SSSR count). The van der Waals surface area contributed by atoms with Crippen LogP contribution in [0.4, 0.5) is 5.69 Å². The van der Waals surface area contributed by atoms with Gasteiger partial charge in [0.1, 0.15) is 6.54 Å². The molecule has 2 aliphatic carbocycles. The normalized spacial score (nSPS) is 28.4. The maximum absolute atomic E-state index is 12.6. The van der Waals surface area contributed by atoms with Crippen LogP contribution in [-0.2, 0) is 19.1 Å². The molecule has 3 aliphatic rings. The van der Waals surface area contributed by atoms with Crippen LogP contribution in [0.3, 0.4) is 0 Å². The molecule has 2 bridgehead atoms. The van der Waals surface area contributed by atoms with E-state index in [1.54, 1.807) is 18.2 Å². The van der Waals surface area contributed by atoms with E-state index in [1.807, 2.05) is 12.2 Å². The smallest absolute Gasteiger partial charge is 0.337 e. The fraction of sp³-hybridized carbons (Fsp3) is 0.368. The molecule has 1 aromatic rings. The van der Waals surface area contributed by atoms with Crippen LogP contribution in [-0.4, -0.2) is 42.2 Å². The molecule has 1 heterocycles. The van der Waals surface area contributed by atoms with Crippen LogP contribution in [0.5, 0.6) is 0 Å². The predicted octanol–water partition coefficient (Wildman–Crippen LogP) is 1.22. The van der Waals surface area contributed by atoms with Gasteiger partial charge in [-0.3, -0.25) is 19.3 Å². The van der Waals surface area contributed by atoms with E-state index in [-0.39, 0.29) is 42.0 Å².